The van der Waals surface area contributed by atoms with Gasteiger partial charge >= 0.3 is 5.97 Å². The lowest BCUT2D eigenvalue weighted by Crippen LogP contribution is -2.43. The molecule has 1 aromatic heterocycles. The normalized spacial score (nSPS) is 16.9. The topological polar surface area (TPSA) is 109 Å². The minimum absolute atomic E-state index is 0.112. The quantitative estimate of drug-likeness (QED) is 0.345. The summed E-state index contributed by atoms with van der Waals surface area (Å²) in [6.45, 7) is 9.98. The van der Waals surface area contributed by atoms with Crippen LogP contribution in [0.2, 0.25) is 0 Å². The molecule has 2 aliphatic heterocycles. The van der Waals surface area contributed by atoms with Gasteiger partial charge in [0.2, 0.25) is 0 Å². The predicted octanol–water partition coefficient (Wildman–Crippen LogP) is 2.74. The van der Waals surface area contributed by atoms with E-state index in [1.807, 2.05) is 44.2 Å². The summed E-state index contributed by atoms with van der Waals surface area (Å²) < 4.78 is 24.4. The van der Waals surface area contributed by atoms with Crippen molar-refractivity contribution in [1.82, 2.24) is 9.47 Å². The van der Waals surface area contributed by atoms with Gasteiger partial charge in [0.25, 0.3) is 11.5 Å². The third-order valence-corrected chi connectivity index (χ3v) is 8.17. The molecule has 0 saturated carbocycles. The molecular formula is C32H35N3O7S. The van der Waals surface area contributed by atoms with Crippen molar-refractivity contribution >= 4 is 29.3 Å². The third kappa shape index (κ3) is 6.57. The number of carbonyl (C=O) groups is 2. The van der Waals surface area contributed by atoms with E-state index in [-0.39, 0.29) is 24.7 Å². The fourth-order valence-corrected chi connectivity index (χ4v) is 6.10. The molecular weight excluding hydrogens is 570 g/mol. The number of hydrogen-bond donors (Lipinski definition) is 0. The van der Waals surface area contributed by atoms with Gasteiger partial charge in [0, 0.05) is 13.1 Å². The Morgan fingerprint density at radius 3 is 2.47 bits per heavy atom. The third-order valence-electron chi connectivity index (χ3n) is 7.19. The Labute approximate surface area is 253 Å². The Morgan fingerprint density at radius 2 is 1.77 bits per heavy atom. The average molecular weight is 606 g/mol. The number of benzene rings is 2. The summed E-state index contributed by atoms with van der Waals surface area (Å²) in [6, 6.07) is 12.4. The zero-order valence-corrected chi connectivity index (χ0v) is 25.6. The standard InChI is InChI=1S/C32H35N3O7S/c1-5-40-25-17-22(9-12-24(25)42-19-27(36)34-13-15-39-16-14-34)18-26-30(37)35-29(23-10-7-20(3)8-11-23)28(31(38)41-6-2)21(4)33-32(35)43-26/h7-12,17-18,29H,5-6,13-16,19H2,1-4H3/b26-18+/t29-/m0/s1. The van der Waals surface area contributed by atoms with Gasteiger partial charge in [-0.2, -0.15) is 0 Å². The van der Waals surface area contributed by atoms with Crippen LogP contribution in [0.1, 0.15) is 43.5 Å². The lowest BCUT2D eigenvalue weighted by molar-refractivity contribution is -0.139. The van der Waals surface area contributed by atoms with Crippen molar-refractivity contribution < 1.29 is 28.5 Å². The predicted molar refractivity (Wildman–Crippen MR) is 162 cm³/mol. The smallest absolute Gasteiger partial charge is 0.338 e. The number of allylic oxidation sites excluding steroid dienone is 1. The molecule has 43 heavy (non-hydrogen) atoms. The van der Waals surface area contributed by atoms with Gasteiger partial charge in [0.1, 0.15) is 0 Å². The number of esters is 1. The second-order valence-electron chi connectivity index (χ2n) is 10.1. The Morgan fingerprint density at radius 1 is 1.02 bits per heavy atom. The maximum absolute atomic E-state index is 13.9. The van der Waals surface area contributed by atoms with Crippen molar-refractivity contribution in [2.45, 2.75) is 33.7 Å². The molecule has 11 heteroatoms. The molecule has 1 fully saturated rings. The van der Waals surface area contributed by atoms with Crippen LogP contribution in [0.4, 0.5) is 0 Å². The van der Waals surface area contributed by atoms with Gasteiger partial charge in [0.15, 0.2) is 22.9 Å². The number of carbonyl (C=O) groups excluding carboxylic acids is 2. The van der Waals surface area contributed by atoms with Crippen LogP contribution in [0.5, 0.6) is 11.5 Å². The van der Waals surface area contributed by atoms with Gasteiger partial charge in [-0.25, -0.2) is 9.79 Å². The SMILES string of the molecule is CCOC(=O)C1=C(C)N=c2s/c(=C/c3ccc(OCC(=O)N4CCOCC4)c(OCC)c3)c(=O)n2[C@H]1c1ccc(C)cc1. The lowest BCUT2D eigenvalue weighted by Gasteiger charge is -2.26. The van der Waals surface area contributed by atoms with Crippen molar-refractivity contribution in [1.29, 1.82) is 0 Å². The van der Waals surface area contributed by atoms with E-state index in [1.54, 1.807) is 41.5 Å². The molecule has 0 unspecified atom stereocenters. The number of fused-ring (bicyclic) bond motifs is 1. The summed E-state index contributed by atoms with van der Waals surface area (Å²) in [6.07, 6.45) is 1.77. The highest BCUT2D eigenvalue weighted by atomic mass is 32.1. The highest BCUT2D eigenvalue weighted by Crippen LogP contribution is 2.31. The van der Waals surface area contributed by atoms with Gasteiger partial charge in [-0.3, -0.25) is 14.2 Å². The molecule has 2 aliphatic rings. The lowest BCUT2D eigenvalue weighted by atomic mass is 9.95. The van der Waals surface area contributed by atoms with E-state index in [1.165, 1.54) is 11.3 Å². The summed E-state index contributed by atoms with van der Waals surface area (Å²) >= 11 is 1.25. The Bertz CT molecular complexity index is 1720. The van der Waals surface area contributed by atoms with Crippen molar-refractivity contribution in [3.63, 3.8) is 0 Å². The number of ether oxygens (including phenoxy) is 4. The average Bonchev–Trinajstić information content (AvgIpc) is 3.30. The molecule has 1 saturated heterocycles. The van der Waals surface area contributed by atoms with Crippen LogP contribution in [0.3, 0.4) is 0 Å². The maximum atomic E-state index is 13.9. The monoisotopic (exact) mass is 605 g/mol. The number of hydrogen-bond acceptors (Lipinski definition) is 9. The minimum atomic E-state index is -0.670. The number of morpholine rings is 1. The van der Waals surface area contributed by atoms with E-state index < -0.39 is 12.0 Å². The summed E-state index contributed by atoms with van der Waals surface area (Å²) in [5.74, 6) is 0.303. The summed E-state index contributed by atoms with van der Waals surface area (Å²) in [5.41, 5.74) is 3.17. The van der Waals surface area contributed by atoms with E-state index in [4.69, 9.17) is 18.9 Å². The molecule has 1 amide bonds. The van der Waals surface area contributed by atoms with E-state index >= 15 is 0 Å². The number of aryl methyl sites for hydroxylation is 1. The van der Waals surface area contributed by atoms with Crippen LogP contribution in [-0.4, -0.2) is 67.5 Å². The molecule has 2 aromatic carbocycles. The van der Waals surface area contributed by atoms with Crippen molar-refractivity contribution in [2.24, 2.45) is 4.99 Å². The second kappa shape index (κ2) is 13.4. The van der Waals surface area contributed by atoms with Crippen LogP contribution in [0.15, 0.2) is 63.5 Å². The molecule has 0 aliphatic carbocycles. The van der Waals surface area contributed by atoms with Gasteiger partial charge in [0.05, 0.1) is 48.3 Å². The first-order valence-electron chi connectivity index (χ1n) is 14.3. The van der Waals surface area contributed by atoms with Crippen molar-refractivity contribution in [2.75, 3.05) is 46.1 Å². The summed E-state index contributed by atoms with van der Waals surface area (Å²) in [5, 5.41) is 0. The molecule has 5 rings (SSSR count). The number of thiazole rings is 1. The van der Waals surface area contributed by atoms with Gasteiger partial charge in [-0.1, -0.05) is 47.2 Å². The number of aromatic nitrogens is 1. The maximum Gasteiger partial charge on any atom is 0.338 e. The molecule has 0 bridgehead atoms. The number of amides is 1. The molecule has 10 nitrogen and oxygen atoms in total. The van der Waals surface area contributed by atoms with E-state index in [2.05, 4.69) is 4.99 Å². The zero-order chi connectivity index (χ0) is 30.5. The molecule has 226 valence electrons. The van der Waals surface area contributed by atoms with Crippen LogP contribution in [0.25, 0.3) is 6.08 Å². The zero-order valence-electron chi connectivity index (χ0n) is 24.8. The molecule has 3 heterocycles. The van der Waals surface area contributed by atoms with Crippen molar-refractivity contribution in [3.8, 4) is 11.5 Å². The highest BCUT2D eigenvalue weighted by Gasteiger charge is 2.33. The first-order chi connectivity index (χ1) is 20.8. The first kappa shape index (κ1) is 30.2. The van der Waals surface area contributed by atoms with Crippen LogP contribution < -0.4 is 24.4 Å². The van der Waals surface area contributed by atoms with E-state index in [9.17, 15) is 14.4 Å². The number of nitrogens with zero attached hydrogens (tertiary/aromatic N) is 3. The molecule has 0 spiro atoms. The fraction of sp³-hybridized carbons (Fsp3) is 0.375. The Balaban J connectivity index is 1.50. The van der Waals surface area contributed by atoms with E-state index in [0.717, 1.165) is 11.1 Å². The summed E-state index contributed by atoms with van der Waals surface area (Å²) in [7, 11) is 0. The Hall–Kier alpha value is -4.22. The van der Waals surface area contributed by atoms with Gasteiger partial charge in [-0.15, -0.1) is 0 Å². The van der Waals surface area contributed by atoms with Crippen molar-refractivity contribution in [3.05, 3.63) is 90.1 Å². The van der Waals surface area contributed by atoms with Gasteiger partial charge in [-0.05, 0) is 57.0 Å². The van der Waals surface area contributed by atoms with Crippen LogP contribution in [0, 0.1) is 6.92 Å². The van der Waals surface area contributed by atoms with E-state index in [0.29, 0.717) is 70.6 Å². The molecule has 0 N–H and O–H groups in total. The van der Waals surface area contributed by atoms with Gasteiger partial charge < -0.3 is 23.8 Å². The molecule has 1 atom stereocenters. The number of rotatable bonds is 9. The largest absolute Gasteiger partial charge is 0.490 e. The highest BCUT2D eigenvalue weighted by molar-refractivity contribution is 7.07. The molecule has 0 radical (unpaired) electrons. The summed E-state index contributed by atoms with van der Waals surface area (Å²) in [4.78, 5) is 46.4. The molecule has 3 aromatic rings. The second-order valence-corrected chi connectivity index (χ2v) is 11.1. The fourth-order valence-electron chi connectivity index (χ4n) is 5.05. The minimum Gasteiger partial charge on any atom is -0.490 e. The van der Waals surface area contributed by atoms with Crippen LogP contribution in [-0.2, 0) is 19.1 Å². The first-order valence-corrected chi connectivity index (χ1v) is 15.1. The Kier molecular flexibility index (Phi) is 9.42. The van der Waals surface area contributed by atoms with Crippen LogP contribution >= 0.6 is 11.3 Å².